The molecule has 0 saturated heterocycles. The number of nitrogens with zero attached hydrogens (tertiary/aromatic N) is 6. The summed E-state index contributed by atoms with van der Waals surface area (Å²) in [6.07, 6.45) is 3.65. The minimum Gasteiger partial charge on any atom is -0.312 e. The highest BCUT2D eigenvalue weighted by molar-refractivity contribution is 7.19. The van der Waals surface area contributed by atoms with Crippen molar-refractivity contribution in [3.63, 3.8) is 0 Å². The first kappa shape index (κ1) is 18.5. The lowest BCUT2D eigenvalue weighted by Gasteiger charge is -2.22. The molecule has 0 saturated carbocycles. The van der Waals surface area contributed by atoms with Crippen LogP contribution in [0, 0.1) is 24.1 Å². The molecular formula is C15H16FN7OS. The lowest BCUT2D eigenvalue weighted by molar-refractivity contribution is -0.119. The number of carbonyl (C=O) groups excluding carboxylic acids is 1. The minimum absolute atomic E-state index is 0.0984. The zero-order valence-corrected chi connectivity index (χ0v) is 14.5. The van der Waals surface area contributed by atoms with Crippen molar-refractivity contribution in [3.05, 3.63) is 40.4 Å². The van der Waals surface area contributed by atoms with E-state index in [4.69, 9.17) is 10.9 Å². The third kappa shape index (κ3) is 4.37. The van der Waals surface area contributed by atoms with Gasteiger partial charge in [-0.1, -0.05) is 16.5 Å². The lowest BCUT2D eigenvalue weighted by atomic mass is 10.1. The molecule has 8 nitrogen and oxygen atoms in total. The van der Waals surface area contributed by atoms with Crippen LogP contribution in [0.2, 0.25) is 0 Å². The lowest BCUT2D eigenvalue weighted by Crippen LogP contribution is -2.37. The van der Waals surface area contributed by atoms with Gasteiger partial charge >= 0.3 is 0 Å². The molecule has 1 amide bonds. The van der Waals surface area contributed by atoms with Gasteiger partial charge in [0.15, 0.2) is 0 Å². The molecule has 0 aliphatic rings. The SMILES string of the molecule is Cc1nc(-c2cncc(F)c2)sc1N(CCN=[N+]=[N-])C(=O)C(C)C=N. The molecule has 0 spiro atoms. The fourth-order valence-corrected chi connectivity index (χ4v) is 3.19. The first-order valence-electron chi connectivity index (χ1n) is 7.39. The van der Waals surface area contributed by atoms with E-state index in [9.17, 15) is 9.18 Å². The molecule has 0 aliphatic heterocycles. The van der Waals surface area contributed by atoms with Crippen molar-refractivity contribution in [2.24, 2.45) is 11.0 Å². The summed E-state index contributed by atoms with van der Waals surface area (Å²) in [6.45, 7) is 3.63. The Morgan fingerprint density at radius 2 is 2.36 bits per heavy atom. The van der Waals surface area contributed by atoms with Crippen molar-refractivity contribution in [3.8, 4) is 10.6 Å². The fourth-order valence-electron chi connectivity index (χ4n) is 2.11. The van der Waals surface area contributed by atoms with Crippen molar-refractivity contribution in [2.75, 3.05) is 18.0 Å². The maximum Gasteiger partial charge on any atom is 0.235 e. The molecule has 1 N–H and O–H groups in total. The monoisotopic (exact) mass is 361 g/mol. The second-order valence-electron chi connectivity index (χ2n) is 5.20. The maximum atomic E-state index is 13.4. The van der Waals surface area contributed by atoms with Crippen molar-refractivity contribution in [1.29, 1.82) is 5.41 Å². The van der Waals surface area contributed by atoms with E-state index >= 15 is 0 Å². The number of aryl methyl sites for hydroxylation is 1. The number of nitrogens with one attached hydrogen (secondary N) is 1. The van der Waals surface area contributed by atoms with E-state index in [1.54, 1.807) is 13.8 Å². The Labute approximate surface area is 147 Å². The number of halogens is 1. The summed E-state index contributed by atoms with van der Waals surface area (Å²) in [5.74, 6) is -1.38. The quantitative estimate of drug-likeness (QED) is 0.351. The summed E-state index contributed by atoms with van der Waals surface area (Å²) in [7, 11) is 0. The van der Waals surface area contributed by atoms with E-state index in [0.717, 1.165) is 12.4 Å². The normalized spacial score (nSPS) is 11.5. The van der Waals surface area contributed by atoms with E-state index in [0.29, 0.717) is 21.3 Å². The number of amides is 1. The van der Waals surface area contributed by atoms with Crippen LogP contribution in [-0.4, -0.2) is 35.2 Å². The number of hydrogen-bond donors (Lipinski definition) is 1. The summed E-state index contributed by atoms with van der Waals surface area (Å²) < 4.78 is 13.4. The molecule has 0 fully saturated rings. The number of pyridine rings is 1. The molecule has 25 heavy (non-hydrogen) atoms. The summed E-state index contributed by atoms with van der Waals surface area (Å²) in [6, 6.07) is 1.32. The molecule has 0 radical (unpaired) electrons. The van der Waals surface area contributed by atoms with Gasteiger partial charge in [0.25, 0.3) is 0 Å². The van der Waals surface area contributed by atoms with Crippen LogP contribution in [0.4, 0.5) is 9.39 Å². The molecular weight excluding hydrogens is 345 g/mol. The van der Waals surface area contributed by atoms with Crippen molar-refractivity contribution < 1.29 is 9.18 Å². The van der Waals surface area contributed by atoms with Gasteiger partial charge in [-0.3, -0.25) is 9.78 Å². The number of anilines is 1. The molecule has 10 heteroatoms. The van der Waals surface area contributed by atoms with E-state index in [-0.39, 0.29) is 19.0 Å². The predicted octanol–water partition coefficient (Wildman–Crippen LogP) is 3.58. The van der Waals surface area contributed by atoms with Crippen LogP contribution < -0.4 is 4.90 Å². The molecule has 2 aromatic rings. The van der Waals surface area contributed by atoms with Crippen LogP contribution in [0.25, 0.3) is 21.0 Å². The van der Waals surface area contributed by atoms with E-state index in [1.807, 2.05) is 0 Å². The summed E-state index contributed by atoms with van der Waals surface area (Å²) >= 11 is 1.22. The molecule has 0 aromatic carbocycles. The molecule has 2 rings (SSSR count). The third-order valence-corrected chi connectivity index (χ3v) is 4.59. The topological polar surface area (TPSA) is 119 Å². The van der Waals surface area contributed by atoms with Crippen LogP contribution in [0.15, 0.2) is 23.6 Å². The summed E-state index contributed by atoms with van der Waals surface area (Å²) in [5.41, 5.74) is 9.55. The molecule has 130 valence electrons. The van der Waals surface area contributed by atoms with Gasteiger partial charge in [-0.25, -0.2) is 9.37 Å². The zero-order valence-electron chi connectivity index (χ0n) is 13.7. The van der Waals surface area contributed by atoms with Gasteiger partial charge in [0, 0.05) is 36.0 Å². The zero-order chi connectivity index (χ0) is 18.4. The van der Waals surface area contributed by atoms with Crippen molar-refractivity contribution in [2.45, 2.75) is 13.8 Å². The Kier molecular flexibility index (Phi) is 6.15. The first-order chi connectivity index (χ1) is 12.0. The first-order valence-corrected chi connectivity index (χ1v) is 8.20. The Balaban J connectivity index is 2.41. The maximum absolute atomic E-state index is 13.4. The van der Waals surface area contributed by atoms with E-state index in [2.05, 4.69) is 20.0 Å². The predicted molar refractivity (Wildman–Crippen MR) is 94.4 cm³/mol. The Morgan fingerprint density at radius 1 is 1.60 bits per heavy atom. The van der Waals surface area contributed by atoms with Gasteiger partial charge in [0.1, 0.15) is 15.8 Å². The smallest absolute Gasteiger partial charge is 0.235 e. The average molecular weight is 361 g/mol. The van der Waals surface area contributed by atoms with Crippen molar-refractivity contribution in [1.82, 2.24) is 9.97 Å². The molecule has 2 heterocycles. The molecule has 1 unspecified atom stereocenters. The van der Waals surface area contributed by atoms with Gasteiger partial charge in [0.2, 0.25) is 5.91 Å². The summed E-state index contributed by atoms with van der Waals surface area (Å²) in [4.78, 5) is 24.9. The van der Waals surface area contributed by atoms with Crippen LogP contribution in [0.5, 0.6) is 0 Å². The van der Waals surface area contributed by atoms with Gasteiger partial charge in [-0.2, -0.15) is 0 Å². The number of carbonyl (C=O) groups is 1. The number of aromatic nitrogens is 2. The number of azide groups is 1. The van der Waals surface area contributed by atoms with Crippen LogP contribution in [0.1, 0.15) is 12.6 Å². The minimum atomic E-state index is -0.619. The Bertz CT molecular complexity index is 831. The standard InChI is InChI=1S/C15H16FN7OS/c1-9(6-17)14(24)23(4-3-20-22-18)15-10(2)21-13(25-15)11-5-12(16)8-19-7-11/h5-9,17H,3-4H2,1-2H3. The van der Waals surface area contributed by atoms with Crippen molar-refractivity contribution >= 4 is 28.5 Å². The second-order valence-corrected chi connectivity index (χ2v) is 6.18. The Morgan fingerprint density at radius 3 is 3.00 bits per heavy atom. The average Bonchev–Trinajstić information content (AvgIpc) is 2.99. The van der Waals surface area contributed by atoms with Gasteiger partial charge in [-0.05, 0) is 25.4 Å². The Hall–Kier alpha value is -2.84. The van der Waals surface area contributed by atoms with Gasteiger partial charge in [0.05, 0.1) is 17.8 Å². The molecule has 0 bridgehead atoms. The highest BCUT2D eigenvalue weighted by Crippen LogP contribution is 2.34. The van der Waals surface area contributed by atoms with Crippen LogP contribution in [-0.2, 0) is 4.79 Å². The number of rotatable bonds is 7. The fraction of sp³-hybridized carbons (Fsp3) is 0.333. The highest BCUT2D eigenvalue weighted by Gasteiger charge is 2.24. The summed E-state index contributed by atoms with van der Waals surface area (Å²) in [5, 5.41) is 11.9. The third-order valence-electron chi connectivity index (χ3n) is 3.36. The number of hydrogen-bond acceptors (Lipinski definition) is 6. The molecule has 1 atom stereocenters. The molecule has 2 aromatic heterocycles. The highest BCUT2D eigenvalue weighted by atomic mass is 32.1. The molecule has 0 aliphatic carbocycles. The van der Waals surface area contributed by atoms with E-state index < -0.39 is 11.7 Å². The number of thiazole rings is 1. The van der Waals surface area contributed by atoms with Gasteiger partial charge in [-0.15, -0.1) is 0 Å². The van der Waals surface area contributed by atoms with Crippen LogP contribution in [0.3, 0.4) is 0 Å². The largest absolute Gasteiger partial charge is 0.312 e. The second kappa shape index (κ2) is 8.32. The van der Waals surface area contributed by atoms with Crippen LogP contribution >= 0.6 is 11.3 Å². The van der Waals surface area contributed by atoms with Gasteiger partial charge < -0.3 is 10.3 Å². The van der Waals surface area contributed by atoms with E-state index in [1.165, 1.54) is 28.5 Å².